The minimum atomic E-state index is 0.348. The summed E-state index contributed by atoms with van der Waals surface area (Å²) in [5.74, 6) is 1.07. The molecule has 0 heterocycles. The van der Waals surface area contributed by atoms with Crippen molar-refractivity contribution in [2.24, 2.45) is 5.92 Å². The zero-order valence-corrected chi connectivity index (χ0v) is 11.5. The predicted octanol–water partition coefficient (Wildman–Crippen LogP) is 4.59. The zero-order valence-electron chi connectivity index (χ0n) is 11.5. The van der Waals surface area contributed by atoms with Crippen LogP contribution in [0.5, 0.6) is 5.75 Å². The molecule has 0 saturated heterocycles. The summed E-state index contributed by atoms with van der Waals surface area (Å²) < 4.78 is 0. The van der Waals surface area contributed by atoms with E-state index in [0.717, 1.165) is 18.8 Å². The Labute approximate surface area is 115 Å². The highest BCUT2D eigenvalue weighted by molar-refractivity contribution is 5.25. The van der Waals surface area contributed by atoms with Gasteiger partial charge in [-0.25, -0.2) is 0 Å². The molecule has 1 heteroatoms. The summed E-state index contributed by atoms with van der Waals surface area (Å²) >= 11 is 0. The molecule has 1 nitrogen and oxygen atoms in total. The molecule has 2 aromatic rings. The Morgan fingerprint density at radius 3 is 2.26 bits per heavy atom. The maximum atomic E-state index is 9.23. The molecule has 0 fully saturated rings. The van der Waals surface area contributed by atoms with E-state index < -0.39 is 0 Å². The molecule has 19 heavy (non-hydrogen) atoms. The van der Waals surface area contributed by atoms with Crippen molar-refractivity contribution >= 4 is 0 Å². The van der Waals surface area contributed by atoms with E-state index in [-0.39, 0.29) is 0 Å². The van der Waals surface area contributed by atoms with Crippen molar-refractivity contribution in [3.05, 3.63) is 65.7 Å². The molecule has 0 aromatic heterocycles. The van der Waals surface area contributed by atoms with Gasteiger partial charge in [0.25, 0.3) is 0 Å². The van der Waals surface area contributed by atoms with Crippen LogP contribution in [0.3, 0.4) is 0 Å². The fourth-order valence-corrected chi connectivity index (χ4v) is 2.44. The molecule has 100 valence electrons. The van der Waals surface area contributed by atoms with Crippen LogP contribution >= 0.6 is 0 Å². The van der Waals surface area contributed by atoms with Gasteiger partial charge >= 0.3 is 0 Å². The van der Waals surface area contributed by atoms with E-state index in [4.69, 9.17) is 0 Å². The molecule has 0 radical (unpaired) electrons. The van der Waals surface area contributed by atoms with E-state index in [1.165, 1.54) is 24.0 Å². The first-order valence-corrected chi connectivity index (χ1v) is 7.06. The molecule has 0 saturated carbocycles. The van der Waals surface area contributed by atoms with Crippen molar-refractivity contribution < 1.29 is 5.11 Å². The highest BCUT2D eigenvalue weighted by Gasteiger charge is 2.03. The summed E-state index contributed by atoms with van der Waals surface area (Å²) in [7, 11) is 0. The normalized spacial score (nSPS) is 12.3. The summed E-state index contributed by atoms with van der Waals surface area (Å²) in [6.45, 7) is 2.32. The number of aryl methyl sites for hydroxylation is 1. The number of rotatable bonds is 6. The van der Waals surface area contributed by atoms with Gasteiger partial charge in [0, 0.05) is 0 Å². The Morgan fingerprint density at radius 2 is 1.58 bits per heavy atom. The van der Waals surface area contributed by atoms with E-state index in [2.05, 4.69) is 37.3 Å². The Morgan fingerprint density at radius 1 is 0.895 bits per heavy atom. The molecule has 0 amide bonds. The Hall–Kier alpha value is -1.76. The van der Waals surface area contributed by atoms with Crippen molar-refractivity contribution in [3.63, 3.8) is 0 Å². The first kappa shape index (κ1) is 13.7. The van der Waals surface area contributed by atoms with Gasteiger partial charge in [-0.2, -0.15) is 0 Å². The largest absolute Gasteiger partial charge is 0.508 e. The van der Waals surface area contributed by atoms with Gasteiger partial charge in [0.15, 0.2) is 0 Å². The van der Waals surface area contributed by atoms with Crippen LogP contribution in [0.2, 0.25) is 0 Å². The lowest BCUT2D eigenvalue weighted by Gasteiger charge is -2.11. The standard InChI is InChI=1S/C18H22O/c1-15(14-17-7-3-2-4-8-17)6-5-9-16-10-12-18(19)13-11-16/h2-4,7-8,10-13,15,19H,5-6,9,14H2,1H3. The summed E-state index contributed by atoms with van der Waals surface area (Å²) in [6.07, 6.45) is 4.71. The number of benzene rings is 2. The van der Waals surface area contributed by atoms with Gasteiger partial charge in [-0.1, -0.05) is 55.8 Å². The second kappa shape index (κ2) is 6.98. The average Bonchev–Trinajstić information content (AvgIpc) is 2.42. The van der Waals surface area contributed by atoms with Crippen LogP contribution in [0, 0.1) is 5.92 Å². The van der Waals surface area contributed by atoms with Crippen molar-refractivity contribution in [1.82, 2.24) is 0 Å². The predicted molar refractivity (Wildman–Crippen MR) is 80.4 cm³/mol. The molecule has 0 aliphatic carbocycles. The second-order valence-electron chi connectivity index (χ2n) is 5.35. The Balaban J connectivity index is 1.72. The fourth-order valence-electron chi connectivity index (χ4n) is 2.44. The van der Waals surface area contributed by atoms with Gasteiger partial charge in [0.05, 0.1) is 0 Å². The lowest BCUT2D eigenvalue weighted by Crippen LogP contribution is -2.00. The first-order chi connectivity index (χ1) is 9.24. The van der Waals surface area contributed by atoms with E-state index in [9.17, 15) is 5.11 Å². The number of phenolic OH excluding ortho intramolecular Hbond substituents is 1. The maximum absolute atomic E-state index is 9.23. The van der Waals surface area contributed by atoms with Crippen LogP contribution in [0.15, 0.2) is 54.6 Å². The summed E-state index contributed by atoms with van der Waals surface area (Å²) in [5.41, 5.74) is 2.74. The maximum Gasteiger partial charge on any atom is 0.115 e. The van der Waals surface area contributed by atoms with Crippen molar-refractivity contribution in [2.75, 3.05) is 0 Å². The van der Waals surface area contributed by atoms with Crippen LogP contribution in [-0.4, -0.2) is 5.11 Å². The summed E-state index contributed by atoms with van der Waals surface area (Å²) in [4.78, 5) is 0. The molecule has 0 bridgehead atoms. The molecule has 2 aromatic carbocycles. The highest BCUT2D eigenvalue weighted by Crippen LogP contribution is 2.16. The van der Waals surface area contributed by atoms with Gasteiger partial charge in [-0.3, -0.25) is 0 Å². The van der Waals surface area contributed by atoms with Crippen LogP contribution in [0.1, 0.15) is 30.9 Å². The van der Waals surface area contributed by atoms with E-state index >= 15 is 0 Å². The second-order valence-corrected chi connectivity index (χ2v) is 5.35. The molecule has 2 rings (SSSR count). The SMILES string of the molecule is CC(CCCc1ccc(O)cc1)Cc1ccccc1. The smallest absolute Gasteiger partial charge is 0.115 e. The van der Waals surface area contributed by atoms with E-state index in [0.29, 0.717) is 5.75 Å². The molecule has 0 aliphatic heterocycles. The van der Waals surface area contributed by atoms with Gasteiger partial charge < -0.3 is 5.11 Å². The van der Waals surface area contributed by atoms with Crippen LogP contribution in [0.4, 0.5) is 0 Å². The molecule has 1 atom stereocenters. The average molecular weight is 254 g/mol. The lowest BCUT2D eigenvalue weighted by molar-refractivity contribution is 0.474. The van der Waals surface area contributed by atoms with Crippen molar-refractivity contribution in [1.29, 1.82) is 0 Å². The van der Waals surface area contributed by atoms with Gasteiger partial charge in [-0.15, -0.1) is 0 Å². The van der Waals surface area contributed by atoms with E-state index in [1.807, 2.05) is 12.1 Å². The number of phenols is 1. The van der Waals surface area contributed by atoms with E-state index in [1.54, 1.807) is 12.1 Å². The highest BCUT2D eigenvalue weighted by atomic mass is 16.3. The molecule has 1 N–H and O–H groups in total. The van der Waals surface area contributed by atoms with Crippen LogP contribution < -0.4 is 0 Å². The van der Waals surface area contributed by atoms with Crippen LogP contribution in [0.25, 0.3) is 0 Å². The summed E-state index contributed by atoms with van der Waals surface area (Å²) in [5, 5.41) is 9.23. The van der Waals surface area contributed by atoms with Gasteiger partial charge in [-0.05, 0) is 48.4 Å². The molecular weight excluding hydrogens is 232 g/mol. The Bertz CT molecular complexity index is 473. The molecular formula is C18H22O. The number of aromatic hydroxyl groups is 1. The van der Waals surface area contributed by atoms with Crippen molar-refractivity contribution in [2.45, 2.75) is 32.6 Å². The summed E-state index contributed by atoms with van der Waals surface area (Å²) in [6, 6.07) is 18.3. The third-order valence-corrected chi connectivity index (χ3v) is 3.53. The molecule has 0 aliphatic rings. The van der Waals surface area contributed by atoms with Crippen molar-refractivity contribution in [3.8, 4) is 5.75 Å². The lowest BCUT2D eigenvalue weighted by atomic mass is 9.95. The monoisotopic (exact) mass is 254 g/mol. The quantitative estimate of drug-likeness (QED) is 0.799. The fraction of sp³-hybridized carbons (Fsp3) is 0.333. The number of hydrogen-bond acceptors (Lipinski definition) is 1. The van der Waals surface area contributed by atoms with Gasteiger partial charge in [0.2, 0.25) is 0 Å². The first-order valence-electron chi connectivity index (χ1n) is 7.06. The third-order valence-electron chi connectivity index (χ3n) is 3.53. The topological polar surface area (TPSA) is 20.2 Å². The van der Waals surface area contributed by atoms with Gasteiger partial charge in [0.1, 0.15) is 5.75 Å². The zero-order chi connectivity index (χ0) is 13.5. The third kappa shape index (κ3) is 4.78. The minimum Gasteiger partial charge on any atom is -0.508 e. The molecule has 0 spiro atoms. The number of hydrogen-bond donors (Lipinski definition) is 1. The van der Waals surface area contributed by atoms with Crippen LogP contribution in [-0.2, 0) is 12.8 Å². The Kier molecular flexibility index (Phi) is 5.02. The molecule has 1 unspecified atom stereocenters. The minimum absolute atomic E-state index is 0.348.